The number of nitrogens with zero attached hydrogens (tertiary/aromatic N) is 1. The molecule has 0 spiro atoms. The van der Waals surface area contributed by atoms with Gasteiger partial charge in [-0.3, -0.25) is 0 Å². The van der Waals surface area contributed by atoms with Crippen LogP contribution in [0.3, 0.4) is 0 Å². The maximum atomic E-state index is 5.83. The number of nitrogens with two attached hydrogens (primary N) is 2. The fraction of sp³-hybridized carbons (Fsp3) is 0.182. The van der Waals surface area contributed by atoms with Crippen LogP contribution in [0.15, 0.2) is 12.7 Å². The Hall–Kier alpha value is -1.97. The molecule has 0 atom stereocenters. The van der Waals surface area contributed by atoms with Gasteiger partial charge in [0.15, 0.2) is 0 Å². The van der Waals surface area contributed by atoms with E-state index in [2.05, 4.69) is 16.9 Å². The third-order valence-electron chi connectivity index (χ3n) is 2.14. The van der Waals surface area contributed by atoms with Crippen LogP contribution in [-0.4, -0.2) is 12.0 Å². The van der Waals surface area contributed by atoms with Crippen molar-refractivity contribution in [3.05, 3.63) is 23.2 Å². The Labute approximate surface area is 89.0 Å². The van der Waals surface area contributed by atoms with E-state index in [0.29, 0.717) is 11.5 Å². The molecule has 0 radical (unpaired) electrons. The summed E-state index contributed by atoms with van der Waals surface area (Å²) >= 11 is 0. The number of allylic oxidation sites excluding steroid dienone is 1. The Bertz CT molecular complexity index is 488. The molecule has 1 aromatic heterocycles. The first kappa shape index (κ1) is 11.1. The zero-order chi connectivity index (χ0) is 11.4. The Morgan fingerprint density at radius 3 is 2.53 bits per heavy atom. The molecular weight excluding hydrogens is 188 g/mol. The Balaban J connectivity index is 3.82. The number of hydrogen-bond donors (Lipinski definition) is 3. The van der Waals surface area contributed by atoms with Crippen LogP contribution < -0.4 is 27.4 Å². The van der Waals surface area contributed by atoms with E-state index >= 15 is 0 Å². The van der Waals surface area contributed by atoms with E-state index in [1.165, 1.54) is 0 Å². The van der Waals surface area contributed by atoms with Gasteiger partial charge in [-0.1, -0.05) is 24.8 Å². The second-order valence-corrected chi connectivity index (χ2v) is 3.03. The quantitative estimate of drug-likeness (QED) is 0.636. The van der Waals surface area contributed by atoms with Crippen molar-refractivity contribution >= 4 is 29.3 Å². The molecular formula is C11H16N4. The normalized spacial score (nSPS) is 12.9. The topological polar surface area (TPSA) is 77.0 Å². The molecule has 0 saturated carbocycles. The molecule has 0 saturated heterocycles. The first-order valence-corrected chi connectivity index (χ1v) is 4.67. The number of aromatic nitrogens is 1. The molecule has 5 N–H and O–H groups in total. The minimum atomic E-state index is 0.341. The van der Waals surface area contributed by atoms with Crippen molar-refractivity contribution in [2.45, 2.75) is 6.92 Å². The van der Waals surface area contributed by atoms with Crippen molar-refractivity contribution in [2.24, 2.45) is 0 Å². The molecule has 0 aliphatic rings. The van der Waals surface area contributed by atoms with Gasteiger partial charge in [0, 0.05) is 12.3 Å². The molecule has 0 fully saturated rings. The summed E-state index contributed by atoms with van der Waals surface area (Å²) in [6.45, 7) is 5.56. The summed E-state index contributed by atoms with van der Waals surface area (Å²) in [6.07, 6.45) is 5.43. The van der Waals surface area contributed by atoms with E-state index in [-0.39, 0.29) is 0 Å². The monoisotopic (exact) mass is 204 g/mol. The molecule has 0 bridgehead atoms. The van der Waals surface area contributed by atoms with Crippen LogP contribution in [0.5, 0.6) is 0 Å². The standard InChI is InChI=1S/C11H16N4/c1-4-6-7-8(5-2)15-11(13)9(12)10(7)14-3/h4-6,14H,1,12H2,2-3H3,(H2,13,15)/b7-6+,8-5+. The molecule has 1 heterocycles. The van der Waals surface area contributed by atoms with E-state index in [0.717, 1.165) is 16.3 Å². The summed E-state index contributed by atoms with van der Waals surface area (Å²) < 4.78 is 0. The van der Waals surface area contributed by atoms with Crippen molar-refractivity contribution in [1.29, 1.82) is 0 Å². The van der Waals surface area contributed by atoms with E-state index in [4.69, 9.17) is 11.5 Å². The molecule has 0 aliphatic heterocycles. The smallest absolute Gasteiger partial charge is 0.149 e. The summed E-state index contributed by atoms with van der Waals surface area (Å²) in [6, 6.07) is 0. The second kappa shape index (κ2) is 4.50. The molecule has 0 aromatic carbocycles. The van der Waals surface area contributed by atoms with Crippen molar-refractivity contribution in [1.82, 2.24) is 4.98 Å². The zero-order valence-electron chi connectivity index (χ0n) is 9.04. The van der Waals surface area contributed by atoms with E-state index < -0.39 is 0 Å². The van der Waals surface area contributed by atoms with Gasteiger partial charge in [0.1, 0.15) is 5.82 Å². The maximum absolute atomic E-state index is 5.83. The zero-order valence-corrected chi connectivity index (χ0v) is 9.04. The molecule has 0 amide bonds. The molecule has 1 rings (SSSR count). The minimum absolute atomic E-state index is 0.341. The molecule has 4 heteroatoms. The van der Waals surface area contributed by atoms with E-state index in [1.54, 1.807) is 13.1 Å². The summed E-state index contributed by atoms with van der Waals surface area (Å²) in [5.41, 5.74) is 12.8. The number of nitrogen functional groups attached to an aromatic ring is 2. The summed E-state index contributed by atoms with van der Waals surface area (Å²) in [5, 5.41) is 4.72. The highest BCUT2D eigenvalue weighted by atomic mass is 14.9. The lowest BCUT2D eigenvalue weighted by atomic mass is 10.2. The first-order chi connectivity index (χ1) is 7.15. The molecule has 0 unspecified atom stereocenters. The summed E-state index contributed by atoms with van der Waals surface area (Å²) in [7, 11) is 1.80. The number of anilines is 3. The van der Waals surface area contributed by atoms with Crippen LogP contribution in [0, 0.1) is 0 Å². The average molecular weight is 204 g/mol. The SMILES string of the molecule is C=C/C=c1/c(NC)c(N)c(N)n/c1=C/C. The molecule has 4 nitrogen and oxygen atoms in total. The Morgan fingerprint density at radius 1 is 1.40 bits per heavy atom. The van der Waals surface area contributed by atoms with Gasteiger partial charge >= 0.3 is 0 Å². The summed E-state index contributed by atoms with van der Waals surface area (Å²) in [4.78, 5) is 4.20. The van der Waals surface area contributed by atoms with Crippen LogP contribution in [0.1, 0.15) is 6.92 Å². The fourth-order valence-corrected chi connectivity index (χ4v) is 1.43. The van der Waals surface area contributed by atoms with Crippen molar-refractivity contribution in [2.75, 3.05) is 23.8 Å². The first-order valence-electron chi connectivity index (χ1n) is 4.67. The highest BCUT2D eigenvalue weighted by Gasteiger charge is 2.05. The van der Waals surface area contributed by atoms with Gasteiger partial charge in [-0.2, -0.15) is 0 Å². The van der Waals surface area contributed by atoms with Gasteiger partial charge in [0.05, 0.1) is 16.7 Å². The van der Waals surface area contributed by atoms with Gasteiger partial charge in [-0.25, -0.2) is 4.98 Å². The van der Waals surface area contributed by atoms with Gasteiger partial charge in [-0.05, 0) is 6.92 Å². The highest BCUT2D eigenvalue weighted by Crippen LogP contribution is 2.15. The van der Waals surface area contributed by atoms with Crippen LogP contribution >= 0.6 is 0 Å². The van der Waals surface area contributed by atoms with Gasteiger partial charge in [0.2, 0.25) is 0 Å². The van der Waals surface area contributed by atoms with Crippen molar-refractivity contribution in [3.63, 3.8) is 0 Å². The third-order valence-corrected chi connectivity index (χ3v) is 2.14. The predicted octanol–water partition coefficient (Wildman–Crippen LogP) is 0.0546. The van der Waals surface area contributed by atoms with Gasteiger partial charge in [-0.15, -0.1) is 0 Å². The van der Waals surface area contributed by atoms with Crippen LogP contribution in [0.25, 0.3) is 12.2 Å². The Kier molecular flexibility index (Phi) is 3.33. The summed E-state index contributed by atoms with van der Waals surface area (Å²) in [5.74, 6) is 0.341. The number of nitrogens with one attached hydrogen (secondary N) is 1. The number of rotatable bonds is 2. The van der Waals surface area contributed by atoms with Crippen LogP contribution in [0.2, 0.25) is 0 Å². The lowest BCUT2D eigenvalue weighted by Crippen LogP contribution is -2.32. The number of pyridine rings is 1. The largest absolute Gasteiger partial charge is 0.394 e. The second-order valence-electron chi connectivity index (χ2n) is 3.03. The van der Waals surface area contributed by atoms with E-state index in [9.17, 15) is 0 Å². The van der Waals surface area contributed by atoms with Gasteiger partial charge in [0.25, 0.3) is 0 Å². The maximum Gasteiger partial charge on any atom is 0.149 e. The average Bonchev–Trinajstić information content (AvgIpc) is 2.24. The van der Waals surface area contributed by atoms with Crippen molar-refractivity contribution < 1.29 is 0 Å². The fourth-order valence-electron chi connectivity index (χ4n) is 1.43. The van der Waals surface area contributed by atoms with Crippen LogP contribution in [-0.2, 0) is 0 Å². The third kappa shape index (κ3) is 1.93. The van der Waals surface area contributed by atoms with E-state index in [1.807, 2.05) is 19.1 Å². The molecule has 15 heavy (non-hydrogen) atoms. The lowest BCUT2D eigenvalue weighted by Gasteiger charge is -2.08. The lowest BCUT2D eigenvalue weighted by molar-refractivity contribution is 1.22. The predicted molar refractivity (Wildman–Crippen MR) is 66.7 cm³/mol. The molecule has 0 aliphatic carbocycles. The molecule has 1 aromatic rings. The Morgan fingerprint density at radius 2 is 2.07 bits per heavy atom. The van der Waals surface area contributed by atoms with Crippen LogP contribution in [0.4, 0.5) is 17.2 Å². The molecule has 80 valence electrons. The van der Waals surface area contributed by atoms with Gasteiger partial charge < -0.3 is 16.8 Å². The number of hydrogen-bond acceptors (Lipinski definition) is 4. The highest BCUT2D eigenvalue weighted by molar-refractivity contribution is 5.77. The minimum Gasteiger partial charge on any atom is -0.394 e. The van der Waals surface area contributed by atoms with Crippen molar-refractivity contribution in [3.8, 4) is 0 Å².